The van der Waals surface area contributed by atoms with Crippen molar-refractivity contribution in [3.05, 3.63) is 35.2 Å². The maximum atomic E-state index is 5.14. The summed E-state index contributed by atoms with van der Waals surface area (Å²) in [5.41, 5.74) is 0. The minimum atomic E-state index is 0.461. The standard InChI is InChI=1S/C15H21NOS/c1-3-16-13(8-6-10-17-2)15-11-12-7-4-5-9-14(12)18-15/h4-5,7,9,11,13,16H,3,6,8,10H2,1-2H3. The van der Waals surface area contributed by atoms with Crippen LogP contribution in [0.15, 0.2) is 30.3 Å². The van der Waals surface area contributed by atoms with Gasteiger partial charge in [0, 0.05) is 29.3 Å². The highest BCUT2D eigenvalue weighted by Crippen LogP contribution is 2.31. The number of benzene rings is 1. The van der Waals surface area contributed by atoms with Crippen LogP contribution in [0.25, 0.3) is 10.1 Å². The molecule has 1 atom stereocenters. The van der Waals surface area contributed by atoms with Crippen molar-refractivity contribution in [2.45, 2.75) is 25.8 Å². The summed E-state index contributed by atoms with van der Waals surface area (Å²) in [7, 11) is 1.77. The van der Waals surface area contributed by atoms with Crippen LogP contribution in [0.3, 0.4) is 0 Å². The molecule has 0 bridgehead atoms. The average molecular weight is 263 g/mol. The van der Waals surface area contributed by atoms with E-state index in [0.717, 1.165) is 26.0 Å². The normalized spacial score (nSPS) is 13.0. The Morgan fingerprint density at radius 1 is 1.33 bits per heavy atom. The third kappa shape index (κ3) is 3.31. The fourth-order valence-electron chi connectivity index (χ4n) is 2.20. The van der Waals surface area contributed by atoms with Crippen LogP contribution in [-0.2, 0) is 4.74 Å². The number of rotatable bonds is 7. The van der Waals surface area contributed by atoms with E-state index in [1.54, 1.807) is 7.11 Å². The van der Waals surface area contributed by atoms with Gasteiger partial charge in [-0.05, 0) is 36.9 Å². The van der Waals surface area contributed by atoms with Crippen LogP contribution in [0, 0.1) is 0 Å². The predicted octanol–water partition coefficient (Wildman–Crippen LogP) is 3.98. The molecular formula is C15H21NOS. The summed E-state index contributed by atoms with van der Waals surface area (Å²) in [6.07, 6.45) is 2.23. The molecule has 3 heteroatoms. The Morgan fingerprint density at radius 3 is 2.89 bits per heavy atom. The minimum absolute atomic E-state index is 0.461. The quantitative estimate of drug-likeness (QED) is 0.763. The molecule has 2 nitrogen and oxygen atoms in total. The van der Waals surface area contributed by atoms with Crippen molar-refractivity contribution in [2.75, 3.05) is 20.3 Å². The molecule has 2 aromatic rings. The Balaban J connectivity index is 2.13. The van der Waals surface area contributed by atoms with Gasteiger partial charge in [-0.3, -0.25) is 0 Å². The number of hydrogen-bond donors (Lipinski definition) is 1. The summed E-state index contributed by atoms with van der Waals surface area (Å²) in [5.74, 6) is 0. The van der Waals surface area contributed by atoms with Crippen LogP contribution >= 0.6 is 11.3 Å². The van der Waals surface area contributed by atoms with Crippen LogP contribution in [0.5, 0.6) is 0 Å². The van der Waals surface area contributed by atoms with Gasteiger partial charge in [0.05, 0.1) is 0 Å². The van der Waals surface area contributed by atoms with Crippen LogP contribution < -0.4 is 5.32 Å². The Bertz CT molecular complexity index is 447. The Hall–Kier alpha value is -0.900. The average Bonchev–Trinajstić information content (AvgIpc) is 2.81. The smallest absolute Gasteiger partial charge is 0.0462 e. The summed E-state index contributed by atoms with van der Waals surface area (Å²) >= 11 is 1.90. The van der Waals surface area contributed by atoms with Gasteiger partial charge in [-0.15, -0.1) is 11.3 Å². The summed E-state index contributed by atoms with van der Waals surface area (Å²) in [5, 5.41) is 4.93. The molecule has 0 aliphatic heterocycles. The first-order valence-corrected chi connectivity index (χ1v) is 7.37. The number of fused-ring (bicyclic) bond motifs is 1. The van der Waals surface area contributed by atoms with Gasteiger partial charge in [0.25, 0.3) is 0 Å². The molecule has 0 amide bonds. The first-order valence-electron chi connectivity index (χ1n) is 6.56. The van der Waals surface area contributed by atoms with Gasteiger partial charge in [0.1, 0.15) is 0 Å². The monoisotopic (exact) mass is 263 g/mol. The zero-order chi connectivity index (χ0) is 12.8. The van der Waals surface area contributed by atoms with Gasteiger partial charge in [0.2, 0.25) is 0 Å². The Labute approximate surface area is 113 Å². The van der Waals surface area contributed by atoms with Gasteiger partial charge < -0.3 is 10.1 Å². The minimum Gasteiger partial charge on any atom is -0.385 e. The van der Waals surface area contributed by atoms with Gasteiger partial charge in [-0.1, -0.05) is 25.1 Å². The molecule has 0 fully saturated rings. The molecule has 0 aliphatic rings. The summed E-state index contributed by atoms with van der Waals surface area (Å²) in [4.78, 5) is 1.44. The number of hydrogen-bond acceptors (Lipinski definition) is 3. The molecule has 1 heterocycles. The highest BCUT2D eigenvalue weighted by molar-refractivity contribution is 7.19. The molecule has 1 aromatic heterocycles. The third-order valence-corrected chi connectivity index (χ3v) is 4.31. The van der Waals surface area contributed by atoms with E-state index in [0.29, 0.717) is 6.04 Å². The van der Waals surface area contributed by atoms with E-state index in [4.69, 9.17) is 4.74 Å². The van der Waals surface area contributed by atoms with Crippen molar-refractivity contribution in [1.29, 1.82) is 0 Å². The lowest BCUT2D eigenvalue weighted by Crippen LogP contribution is -2.20. The van der Waals surface area contributed by atoms with Crippen molar-refractivity contribution in [3.8, 4) is 0 Å². The highest BCUT2D eigenvalue weighted by atomic mass is 32.1. The van der Waals surface area contributed by atoms with Crippen molar-refractivity contribution in [3.63, 3.8) is 0 Å². The molecule has 0 saturated carbocycles. The highest BCUT2D eigenvalue weighted by Gasteiger charge is 2.13. The molecule has 1 N–H and O–H groups in total. The molecule has 2 rings (SSSR count). The first kappa shape index (κ1) is 13.5. The first-order chi connectivity index (χ1) is 8.85. The van der Waals surface area contributed by atoms with E-state index < -0.39 is 0 Å². The van der Waals surface area contributed by atoms with Gasteiger partial charge in [0.15, 0.2) is 0 Å². The molecule has 0 radical (unpaired) electrons. The predicted molar refractivity (Wildman–Crippen MR) is 79.4 cm³/mol. The largest absolute Gasteiger partial charge is 0.385 e. The van der Waals surface area contributed by atoms with Crippen molar-refractivity contribution < 1.29 is 4.74 Å². The van der Waals surface area contributed by atoms with Gasteiger partial charge in [-0.2, -0.15) is 0 Å². The lowest BCUT2D eigenvalue weighted by Gasteiger charge is -2.15. The van der Waals surface area contributed by atoms with E-state index in [9.17, 15) is 0 Å². The molecule has 18 heavy (non-hydrogen) atoms. The molecule has 0 saturated heterocycles. The van der Waals surface area contributed by atoms with E-state index in [1.165, 1.54) is 15.0 Å². The van der Waals surface area contributed by atoms with Crippen molar-refractivity contribution in [2.24, 2.45) is 0 Å². The maximum absolute atomic E-state index is 5.14. The third-order valence-electron chi connectivity index (χ3n) is 3.08. The summed E-state index contributed by atoms with van der Waals surface area (Å²) < 4.78 is 6.52. The second-order valence-corrected chi connectivity index (χ2v) is 5.55. The molecule has 0 aliphatic carbocycles. The summed E-state index contributed by atoms with van der Waals surface area (Å²) in [6, 6.07) is 11.4. The second-order valence-electron chi connectivity index (χ2n) is 4.43. The summed E-state index contributed by atoms with van der Waals surface area (Å²) in [6.45, 7) is 4.01. The van der Waals surface area contributed by atoms with Crippen LogP contribution in [0.2, 0.25) is 0 Å². The van der Waals surface area contributed by atoms with E-state index in [2.05, 4.69) is 42.6 Å². The van der Waals surface area contributed by atoms with Crippen molar-refractivity contribution in [1.82, 2.24) is 5.32 Å². The number of nitrogens with one attached hydrogen (secondary N) is 1. The zero-order valence-corrected chi connectivity index (χ0v) is 11.9. The Kier molecular flexibility index (Phi) is 5.17. The zero-order valence-electron chi connectivity index (χ0n) is 11.1. The van der Waals surface area contributed by atoms with Gasteiger partial charge in [-0.25, -0.2) is 0 Å². The second kappa shape index (κ2) is 6.88. The van der Waals surface area contributed by atoms with Gasteiger partial charge >= 0.3 is 0 Å². The van der Waals surface area contributed by atoms with Crippen LogP contribution in [-0.4, -0.2) is 20.3 Å². The van der Waals surface area contributed by atoms with E-state index in [-0.39, 0.29) is 0 Å². The topological polar surface area (TPSA) is 21.3 Å². The number of thiophene rings is 1. The Morgan fingerprint density at radius 2 is 2.17 bits per heavy atom. The number of methoxy groups -OCH3 is 1. The maximum Gasteiger partial charge on any atom is 0.0462 e. The molecule has 1 aromatic carbocycles. The van der Waals surface area contributed by atoms with Crippen LogP contribution in [0.1, 0.15) is 30.7 Å². The lowest BCUT2D eigenvalue weighted by molar-refractivity contribution is 0.189. The fourth-order valence-corrected chi connectivity index (χ4v) is 3.37. The SMILES string of the molecule is CCNC(CCCOC)c1cc2ccccc2s1. The van der Waals surface area contributed by atoms with E-state index >= 15 is 0 Å². The van der Waals surface area contributed by atoms with Crippen LogP contribution in [0.4, 0.5) is 0 Å². The number of ether oxygens (including phenoxy) is 1. The fraction of sp³-hybridized carbons (Fsp3) is 0.467. The van der Waals surface area contributed by atoms with Crippen molar-refractivity contribution >= 4 is 21.4 Å². The molecule has 98 valence electrons. The molecule has 0 spiro atoms. The lowest BCUT2D eigenvalue weighted by atomic mass is 10.1. The van der Waals surface area contributed by atoms with E-state index in [1.807, 2.05) is 11.3 Å². The molecular weight excluding hydrogens is 242 g/mol. The molecule has 1 unspecified atom stereocenters.